The second kappa shape index (κ2) is 5.45. The van der Waals surface area contributed by atoms with Crippen molar-refractivity contribution < 1.29 is 4.57 Å². The number of pyridine rings is 1. The first-order valence-electron chi connectivity index (χ1n) is 5.96. The van der Waals surface area contributed by atoms with Crippen LogP contribution in [0.25, 0.3) is 0 Å². The fourth-order valence-corrected chi connectivity index (χ4v) is 1.65. The van der Waals surface area contributed by atoms with Crippen molar-refractivity contribution in [2.75, 3.05) is 12.1 Å². The molecule has 0 atom stereocenters. The SMILES string of the molecule is Cc1cc(C=NN(C)c2ccccc2)cc[n+]1C. The molecule has 18 heavy (non-hydrogen) atoms. The molecule has 0 aliphatic rings. The molecular formula is C15H18N3+. The molecule has 1 aromatic carbocycles. The number of aryl methyl sites for hydroxylation is 2. The van der Waals surface area contributed by atoms with Crippen LogP contribution in [0.5, 0.6) is 0 Å². The molecule has 0 radical (unpaired) electrons. The van der Waals surface area contributed by atoms with Gasteiger partial charge in [-0.3, -0.25) is 5.01 Å². The van der Waals surface area contributed by atoms with E-state index in [0.29, 0.717) is 0 Å². The fraction of sp³-hybridized carbons (Fsp3) is 0.200. The van der Waals surface area contributed by atoms with Gasteiger partial charge in [-0.05, 0) is 12.1 Å². The van der Waals surface area contributed by atoms with Gasteiger partial charge in [0.1, 0.15) is 7.05 Å². The second-order valence-electron chi connectivity index (χ2n) is 4.32. The molecule has 0 spiro atoms. The first-order valence-corrected chi connectivity index (χ1v) is 5.96. The monoisotopic (exact) mass is 240 g/mol. The molecule has 2 rings (SSSR count). The van der Waals surface area contributed by atoms with Crippen LogP contribution in [0.2, 0.25) is 0 Å². The summed E-state index contributed by atoms with van der Waals surface area (Å²) in [7, 11) is 3.98. The number of benzene rings is 1. The van der Waals surface area contributed by atoms with E-state index in [1.54, 1.807) is 0 Å². The number of rotatable bonds is 3. The first kappa shape index (κ1) is 12.3. The Hall–Kier alpha value is -2.16. The minimum atomic E-state index is 1.08. The molecule has 0 amide bonds. The summed E-state index contributed by atoms with van der Waals surface area (Å²) in [4.78, 5) is 0. The average molecular weight is 240 g/mol. The Morgan fingerprint density at radius 1 is 1.17 bits per heavy atom. The summed E-state index contributed by atoms with van der Waals surface area (Å²) in [6.07, 6.45) is 3.92. The maximum atomic E-state index is 4.43. The zero-order valence-corrected chi connectivity index (χ0v) is 11.0. The maximum absolute atomic E-state index is 4.43. The number of para-hydroxylation sites is 1. The Balaban J connectivity index is 2.13. The van der Waals surface area contributed by atoms with Gasteiger partial charge >= 0.3 is 0 Å². The Kier molecular flexibility index (Phi) is 3.72. The van der Waals surface area contributed by atoms with E-state index in [2.05, 4.69) is 28.7 Å². The van der Waals surface area contributed by atoms with Gasteiger partial charge in [-0.15, -0.1) is 0 Å². The number of hydrazone groups is 1. The van der Waals surface area contributed by atoms with Gasteiger partial charge in [0, 0.05) is 31.7 Å². The van der Waals surface area contributed by atoms with Crippen LogP contribution in [0.3, 0.4) is 0 Å². The predicted octanol–water partition coefficient (Wildman–Crippen LogP) is 2.29. The third-order valence-corrected chi connectivity index (χ3v) is 2.93. The third-order valence-electron chi connectivity index (χ3n) is 2.93. The Morgan fingerprint density at radius 3 is 2.56 bits per heavy atom. The van der Waals surface area contributed by atoms with Crippen LogP contribution in [0, 0.1) is 6.92 Å². The lowest BCUT2D eigenvalue weighted by atomic mass is 10.2. The van der Waals surface area contributed by atoms with Crippen molar-refractivity contribution in [1.29, 1.82) is 0 Å². The molecule has 92 valence electrons. The predicted molar refractivity (Wildman–Crippen MR) is 74.8 cm³/mol. The van der Waals surface area contributed by atoms with Gasteiger partial charge in [0.2, 0.25) is 0 Å². The third kappa shape index (κ3) is 2.94. The lowest BCUT2D eigenvalue weighted by molar-refractivity contribution is -0.677. The first-order chi connectivity index (χ1) is 8.66. The molecule has 1 aromatic heterocycles. The number of hydrogen-bond acceptors (Lipinski definition) is 2. The normalized spacial score (nSPS) is 10.8. The number of aromatic nitrogens is 1. The highest BCUT2D eigenvalue weighted by Crippen LogP contribution is 2.10. The molecule has 3 heteroatoms. The summed E-state index contributed by atoms with van der Waals surface area (Å²) in [5, 5.41) is 6.30. The smallest absolute Gasteiger partial charge is 0.178 e. The van der Waals surface area contributed by atoms with Gasteiger partial charge in [0.15, 0.2) is 11.9 Å². The molecule has 0 aliphatic heterocycles. The number of nitrogens with zero attached hydrogens (tertiary/aromatic N) is 3. The topological polar surface area (TPSA) is 19.5 Å². The van der Waals surface area contributed by atoms with Gasteiger partial charge in [0.25, 0.3) is 0 Å². The van der Waals surface area contributed by atoms with Crippen molar-refractivity contribution in [3.63, 3.8) is 0 Å². The number of anilines is 1. The van der Waals surface area contributed by atoms with Gasteiger partial charge in [-0.1, -0.05) is 18.2 Å². The van der Waals surface area contributed by atoms with E-state index in [1.807, 2.05) is 61.8 Å². The summed E-state index contributed by atoms with van der Waals surface area (Å²) >= 11 is 0. The van der Waals surface area contributed by atoms with Crippen LogP contribution in [0.4, 0.5) is 5.69 Å². The quantitative estimate of drug-likeness (QED) is 0.458. The Labute approximate surface area is 108 Å². The van der Waals surface area contributed by atoms with E-state index in [0.717, 1.165) is 11.3 Å². The summed E-state index contributed by atoms with van der Waals surface area (Å²) in [6.45, 7) is 2.08. The molecule has 0 unspecified atom stereocenters. The highest BCUT2D eigenvalue weighted by atomic mass is 15.4. The van der Waals surface area contributed by atoms with Gasteiger partial charge < -0.3 is 0 Å². The van der Waals surface area contributed by atoms with E-state index >= 15 is 0 Å². The summed E-state index contributed by atoms with van der Waals surface area (Å²) in [5.74, 6) is 0. The second-order valence-corrected chi connectivity index (χ2v) is 4.32. The highest BCUT2D eigenvalue weighted by Gasteiger charge is 2.00. The van der Waals surface area contributed by atoms with E-state index in [4.69, 9.17) is 0 Å². The fourth-order valence-electron chi connectivity index (χ4n) is 1.65. The van der Waals surface area contributed by atoms with Crippen molar-refractivity contribution in [3.8, 4) is 0 Å². The molecule has 0 saturated heterocycles. The number of hydrogen-bond donors (Lipinski definition) is 0. The zero-order chi connectivity index (χ0) is 13.0. The van der Waals surface area contributed by atoms with Crippen molar-refractivity contribution in [2.24, 2.45) is 12.1 Å². The minimum Gasteiger partial charge on any atom is -0.269 e. The summed E-state index contributed by atoms with van der Waals surface area (Å²) in [6, 6.07) is 14.3. The van der Waals surface area contributed by atoms with Crippen molar-refractivity contribution >= 4 is 11.9 Å². The van der Waals surface area contributed by atoms with Crippen LogP contribution < -0.4 is 9.58 Å². The molecule has 0 fully saturated rings. The van der Waals surface area contributed by atoms with Gasteiger partial charge in [-0.2, -0.15) is 5.10 Å². The van der Waals surface area contributed by atoms with E-state index in [9.17, 15) is 0 Å². The molecule has 0 aliphatic carbocycles. The van der Waals surface area contributed by atoms with Gasteiger partial charge in [-0.25, -0.2) is 4.57 Å². The lowest BCUT2D eigenvalue weighted by Crippen LogP contribution is -2.31. The van der Waals surface area contributed by atoms with E-state index in [-0.39, 0.29) is 0 Å². The van der Waals surface area contributed by atoms with Crippen LogP contribution in [0.15, 0.2) is 53.8 Å². The van der Waals surface area contributed by atoms with Crippen LogP contribution >= 0.6 is 0 Å². The van der Waals surface area contributed by atoms with E-state index < -0.39 is 0 Å². The van der Waals surface area contributed by atoms with Crippen molar-refractivity contribution in [2.45, 2.75) is 6.92 Å². The summed E-state index contributed by atoms with van der Waals surface area (Å²) in [5.41, 5.74) is 3.39. The Bertz CT molecular complexity index is 547. The molecule has 1 heterocycles. The maximum Gasteiger partial charge on any atom is 0.178 e. The molecule has 0 saturated carbocycles. The molecule has 0 N–H and O–H groups in total. The van der Waals surface area contributed by atoms with Gasteiger partial charge in [0.05, 0.1) is 11.9 Å². The molecular weight excluding hydrogens is 222 g/mol. The molecule has 0 bridgehead atoms. The largest absolute Gasteiger partial charge is 0.269 e. The average Bonchev–Trinajstić information content (AvgIpc) is 2.41. The van der Waals surface area contributed by atoms with Crippen LogP contribution in [0.1, 0.15) is 11.3 Å². The van der Waals surface area contributed by atoms with Crippen molar-refractivity contribution in [1.82, 2.24) is 0 Å². The van der Waals surface area contributed by atoms with E-state index in [1.165, 1.54) is 5.69 Å². The van der Waals surface area contributed by atoms with Crippen molar-refractivity contribution in [3.05, 3.63) is 59.9 Å². The standard InChI is InChI=1S/C15H18N3/c1-13-11-14(9-10-17(13)2)12-16-18(3)15-7-5-4-6-8-15/h4-12H,1-3H3/q+1. The Morgan fingerprint density at radius 2 is 1.89 bits per heavy atom. The van der Waals surface area contributed by atoms with Crippen LogP contribution in [-0.4, -0.2) is 13.3 Å². The molecule has 2 aromatic rings. The summed E-state index contributed by atoms with van der Waals surface area (Å²) < 4.78 is 2.08. The molecule has 3 nitrogen and oxygen atoms in total. The van der Waals surface area contributed by atoms with Crippen LogP contribution in [-0.2, 0) is 7.05 Å². The highest BCUT2D eigenvalue weighted by molar-refractivity contribution is 5.80. The lowest BCUT2D eigenvalue weighted by Gasteiger charge is -2.11. The zero-order valence-electron chi connectivity index (χ0n) is 11.0. The minimum absolute atomic E-state index is 1.08.